The van der Waals surface area contributed by atoms with E-state index in [4.69, 9.17) is 4.74 Å². The molecule has 10 heteroatoms. The number of benzene rings is 1. The first kappa shape index (κ1) is 23.7. The molecule has 178 valence electrons. The predicted molar refractivity (Wildman–Crippen MR) is 131 cm³/mol. The van der Waals surface area contributed by atoms with Crippen LogP contribution in [0.4, 0.5) is 5.69 Å². The summed E-state index contributed by atoms with van der Waals surface area (Å²) in [5.74, 6) is 0.425. The van der Waals surface area contributed by atoms with Gasteiger partial charge in [-0.1, -0.05) is 20.3 Å². The number of nitrogens with zero attached hydrogens (tertiary/aromatic N) is 3. The minimum atomic E-state index is -3.71. The molecule has 1 aliphatic rings. The van der Waals surface area contributed by atoms with Gasteiger partial charge in [-0.25, -0.2) is 8.42 Å². The highest BCUT2D eigenvalue weighted by atomic mass is 32.2. The third-order valence-corrected chi connectivity index (χ3v) is 8.79. The van der Waals surface area contributed by atoms with E-state index in [0.717, 1.165) is 41.7 Å². The fraction of sp³-hybridized carbons (Fsp3) is 0.478. The van der Waals surface area contributed by atoms with Gasteiger partial charge in [0.25, 0.3) is 5.91 Å². The summed E-state index contributed by atoms with van der Waals surface area (Å²) in [5, 5.41) is 8.41. The molecule has 0 spiro atoms. The maximum absolute atomic E-state index is 13.2. The highest BCUT2D eigenvalue weighted by Gasteiger charge is 2.29. The number of aromatic nitrogens is 2. The Hall–Kier alpha value is -2.43. The maximum Gasteiger partial charge on any atom is 0.265 e. The van der Waals surface area contributed by atoms with Crippen molar-refractivity contribution in [3.63, 3.8) is 0 Å². The molecule has 0 bridgehead atoms. The van der Waals surface area contributed by atoms with Gasteiger partial charge in [-0.3, -0.25) is 9.48 Å². The largest absolute Gasteiger partial charge is 0.495 e. The number of anilines is 1. The summed E-state index contributed by atoms with van der Waals surface area (Å²) in [4.78, 5) is 14.6. The van der Waals surface area contributed by atoms with Crippen molar-refractivity contribution in [2.45, 2.75) is 51.5 Å². The lowest BCUT2D eigenvalue weighted by Crippen LogP contribution is -2.35. The summed E-state index contributed by atoms with van der Waals surface area (Å²) in [6, 6.07) is 6.58. The Morgan fingerprint density at radius 2 is 1.94 bits per heavy atom. The number of aryl methyl sites for hydroxylation is 1. The Morgan fingerprint density at radius 1 is 1.21 bits per heavy atom. The van der Waals surface area contributed by atoms with Crippen LogP contribution in [0.15, 0.2) is 29.2 Å². The molecule has 0 aliphatic carbocycles. The molecule has 33 heavy (non-hydrogen) atoms. The van der Waals surface area contributed by atoms with Crippen LogP contribution in [-0.4, -0.2) is 48.6 Å². The SMILES string of the molecule is COc1ccc(NC(=O)c2cc3c(C)nn(CC(C)C)c3s2)cc1S(=O)(=O)N1CCCCC1. The van der Waals surface area contributed by atoms with Crippen molar-refractivity contribution in [1.29, 1.82) is 0 Å². The molecule has 1 fully saturated rings. The first-order valence-corrected chi connectivity index (χ1v) is 13.4. The predicted octanol–water partition coefficient (Wildman–Crippen LogP) is 4.50. The second kappa shape index (κ2) is 9.44. The monoisotopic (exact) mass is 490 g/mol. The normalized spacial score (nSPS) is 15.3. The van der Waals surface area contributed by atoms with Crippen LogP contribution in [0.25, 0.3) is 10.2 Å². The van der Waals surface area contributed by atoms with Crippen LogP contribution in [0.5, 0.6) is 5.75 Å². The molecule has 0 unspecified atom stereocenters. The first-order valence-electron chi connectivity index (χ1n) is 11.2. The van der Waals surface area contributed by atoms with Gasteiger partial charge in [0.2, 0.25) is 10.0 Å². The summed E-state index contributed by atoms with van der Waals surface area (Å²) in [7, 11) is -2.27. The van der Waals surface area contributed by atoms with Crippen LogP contribution < -0.4 is 10.1 Å². The van der Waals surface area contributed by atoms with Crippen LogP contribution in [0.1, 0.15) is 48.5 Å². The Bertz CT molecular complexity index is 1270. The van der Waals surface area contributed by atoms with E-state index in [1.807, 2.05) is 17.7 Å². The Balaban J connectivity index is 1.61. The third-order valence-electron chi connectivity index (χ3n) is 5.72. The van der Waals surface area contributed by atoms with Gasteiger partial charge in [0, 0.05) is 30.7 Å². The minimum Gasteiger partial charge on any atom is -0.495 e. The lowest BCUT2D eigenvalue weighted by atomic mass is 10.2. The Kier molecular flexibility index (Phi) is 6.78. The number of hydrogen-bond donors (Lipinski definition) is 1. The summed E-state index contributed by atoms with van der Waals surface area (Å²) in [5.41, 5.74) is 1.30. The Morgan fingerprint density at radius 3 is 2.61 bits per heavy atom. The van der Waals surface area contributed by atoms with Gasteiger partial charge < -0.3 is 10.1 Å². The molecule has 0 saturated carbocycles. The zero-order valence-electron chi connectivity index (χ0n) is 19.4. The average Bonchev–Trinajstić information content (AvgIpc) is 3.35. The molecule has 3 aromatic rings. The molecule has 3 heterocycles. The number of methoxy groups -OCH3 is 1. The van der Waals surface area contributed by atoms with E-state index in [2.05, 4.69) is 24.3 Å². The van der Waals surface area contributed by atoms with E-state index >= 15 is 0 Å². The van der Waals surface area contributed by atoms with Gasteiger partial charge >= 0.3 is 0 Å². The third kappa shape index (κ3) is 4.78. The second-order valence-electron chi connectivity index (χ2n) is 8.78. The van der Waals surface area contributed by atoms with Crippen molar-refractivity contribution < 1.29 is 17.9 Å². The van der Waals surface area contributed by atoms with E-state index in [-0.39, 0.29) is 16.6 Å². The van der Waals surface area contributed by atoms with Crippen molar-refractivity contribution in [3.8, 4) is 5.75 Å². The lowest BCUT2D eigenvalue weighted by molar-refractivity contribution is 0.103. The number of carbonyl (C=O) groups is 1. The number of rotatable bonds is 7. The van der Waals surface area contributed by atoms with Crippen molar-refractivity contribution in [3.05, 3.63) is 34.8 Å². The fourth-order valence-electron chi connectivity index (χ4n) is 4.09. The standard InChI is InChI=1S/C23H30N4O4S2/c1-15(2)14-27-23-18(16(3)25-27)13-20(32-23)22(28)24-17-8-9-19(31-4)21(12-17)33(29,30)26-10-6-5-7-11-26/h8-9,12-13,15H,5-7,10-11,14H2,1-4H3,(H,24,28). The maximum atomic E-state index is 13.2. The van der Waals surface area contributed by atoms with E-state index < -0.39 is 10.0 Å². The molecule has 1 aliphatic heterocycles. The topological polar surface area (TPSA) is 93.5 Å². The number of amides is 1. The van der Waals surface area contributed by atoms with Crippen LogP contribution in [0.3, 0.4) is 0 Å². The molecule has 1 amide bonds. The number of ether oxygens (including phenoxy) is 1. The van der Waals surface area contributed by atoms with Crippen molar-refractivity contribution >= 4 is 43.2 Å². The quantitative estimate of drug-likeness (QED) is 0.526. The van der Waals surface area contributed by atoms with E-state index in [1.165, 1.54) is 28.8 Å². The molecular formula is C23H30N4O4S2. The van der Waals surface area contributed by atoms with Crippen molar-refractivity contribution in [2.24, 2.45) is 5.92 Å². The molecule has 2 aromatic heterocycles. The number of nitrogens with one attached hydrogen (secondary N) is 1. The minimum absolute atomic E-state index is 0.0736. The van der Waals surface area contributed by atoms with Crippen LogP contribution in [0.2, 0.25) is 0 Å². The zero-order valence-corrected chi connectivity index (χ0v) is 21.1. The molecule has 1 N–H and O–H groups in total. The number of fused-ring (bicyclic) bond motifs is 1. The summed E-state index contributed by atoms with van der Waals surface area (Å²) >= 11 is 1.39. The molecule has 1 saturated heterocycles. The van der Waals surface area contributed by atoms with Crippen LogP contribution in [0, 0.1) is 12.8 Å². The highest BCUT2D eigenvalue weighted by molar-refractivity contribution is 7.89. The molecule has 1 aromatic carbocycles. The number of hydrogen-bond acceptors (Lipinski definition) is 6. The van der Waals surface area contributed by atoms with E-state index in [1.54, 1.807) is 12.1 Å². The lowest BCUT2D eigenvalue weighted by Gasteiger charge is -2.26. The molecule has 0 atom stereocenters. The molecular weight excluding hydrogens is 460 g/mol. The van der Waals surface area contributed by atoms with Crippen LogP contribution in [-0.2, 0) is 16.6 Å². The number of carbonyl (C=O) groups excluding carboxylic acids is 1. The van der Waals surface area contributed by atoms with Crippen LogP contribution >= 0.6 is 11.3 Å². The van der Waals surface area contributed by atoms with Gasteiger partial charge in [0.15, 0.2) is 0 Å². The van der Waals surface area contributed by atoms with Gasteiger partial charge in [0.1, 0.15) is 15.5 Å². The fourth-order valence-corrected chi connectivity index (χ4v) is 6.85. The van der Waals surface area contributed by atoms with Gasteiger partial charge in [-0.15, -0.1) is 11.3 Å². The zero-order chi connectivity index (χ0) is 23.8. The Labute approximate surface area is 198 Å². The first-order chi connectivity index (χ1) is 15.7. The van der Waals surface area contributed by atoms with Gasteiger partial charge in [-0.2, -0.15) is 9.40 Å². The van der Waals surface area contributed by atoms with E-state index in [0.29, 0.717) is 29.6 Å². The van der Waals surface area contributed by atoms with Gasteiger partial charge in [0.05, 0.1) is 17.7 Å². The number of thiophene rings is 1. The second-order valence-corrected chi connectivity index (χ2v) is 11.7. The molecule has 4 rings (SSSR count). The molecule has 0 radical (unpaired) electrons. The highest BCUT2D eigenvalue weighted by Crippen LogP contribution is 2.33. The number of piperidine rings is 1. The average molecular weight is 491 g/mol. The number of sulfonamides is 1. The molecule has 8 nitrogen and oxygen atoms in total. The summed E-state index contributed by atoms with van der Waals surface area (Å²) < 4.78 is 35.3. The van der Waals surface area contributed by atoms with E-state index in [9.17, 15) is 13.2 Å². The smallest absolute Gasteiger partial charge is 0.265 e. The summed E-state index contributed by atoms with van der Waals surface area (Å²) in [6.07, 6.45) is 2.72. The van der Waals surface area contributed by atoms with Gasteiger partial charge in [-0.05, 0) is 49.9 Å². The summed E-state index contributed by atoms with van der Waals surface area (Å²) in [6.45, 7) is 7.97. The van der Waals surface area contributed by atoms with Crippen molar-refractivity contribution in [1.82, 2.24) is 14.1 Å². The van der Waals surface area contributed by atoms with Crippen molar-refractivity contribution in [2.75, 3.05) is 25.5 Å².